The fraction of sp³-hybridized carbons (Fsp3) is 0.357. The zero-order valence-corrected chi connectivity index (χ0v) is 11.9. The van der Waals surface area contributed by atoms with Gasteiger partial charge >= 0.3 is 0 Å². The fourth-order valence-corrected chi connectivity index (χ4v) is 1.93. The van der Waals surface area contributed by atoms with Gasteiger partial charge in [-0.15, -0.1) is 0 Å². The Hall–Kier alpha value is -2.05. The molecule has 0 spiro atoms. The topological polar surface area (TPSA) is 55.3 Å². The van der Waals surface area contributed by atoms with Crippen LogP contribution in [0.25, 0.3) is 0 Å². The number of hydrogen-bond donors (Lipinski definition) is 1. The number of rotatable bonds is 6. The molecule has 0 fully saturated rings. The molecule has 108 valence electrons. The molecule has 2 rings (SSSR count). The van der Waals surface area contributed by atoms with Gasteiger partial charge in [0.05, 0.1) is 27.5 Å². The van der Waals surface area contributed by atoms with Crippen LogP contribution in [0.3, 0.4) is 0 Å². The zero-order valence-electron chi connectivity index (χ0n) is 11.9. The Balaban J connectivity index is 2.06. The summed E-state index contributed by atoms with van der Waals surface area (Å²) >= 11 is 0. The number of aliphatic imine (C=N–C) groups is 1. The predicted molar refractivity (Wildman–Crippen MR) is 75.5 cm³/mol. The van der Waals surface area contributed by atoms with Gasteiger partial charge in [0, 0.05) is 6.54 Å². The summed E-state index contributed by atoms with van der Waals surface area (Å²) in [7, 11) is 4.68. The van der Waals surface area contributed by atoms with E-state index in [1.807, 2.05) is 30.3 Å². The fourth-order valence-electron chi connectivity index (χ4n) is 1.93. The Morgan fingerprint density at radius 2 is 1.90 bits per heavy atom. The third kappa shape index (κ3) is 3.09. The molecule has 1 aromatic rings. The van der Waals surface area contributed by atoms with E-state index in [0.717, 1.165) is 0 Å². The van der Waals surface area contributed by atoms with Crippen molar-refractivity contribution in [1.82, 2.24) is 10.4 Å². The van der Waals surface area contributed by atoms with E-state index < -0.39 is 0 Å². The molecule has 1 aliphatic heterocycles. The molecule has 6 heteroatoms. The van der Waals surface area contributed by atoms with E-state index in [1.54, 1.807) is 27.5 Å². The smallest absolute Gasteiger partial charge is 0.262 e. The van der Waals surface area contributed by atoms with E-state index in [0.29, 0.717) is 18.2 Å². The minimum Gasteiger partial charge on any atom is -0.490 e. The number of nitrogens with zero attached hydrogens (tertiary/aromatic N) is 2. The Bertz CT molecular complexity index is 488. The van der Waals surface area contributed by atoms with Gasteiger partial charge in [0.25, 0.3) is 5.88 Å². The van der Waals surface area contributed by atoms with Gasteiger partial charge in [-0.25, -0.2) is 4.99 Å². The maximum Gasteiger partial charge on any atom is 0.262 e. The number of allylic oxidation sites excluding steroid dienone is 1. The molecule has 1 heterocycles. The van der Waals surface area contributed by atoms with E-state index in [1.165, 1.54) is 10.6 Å². The molecular weight excluding hydrogens is 258 g/mol. The Morgan fingerprint density at radius 1 is 1.15 bits per heavy atom. The van der Waals surface area contributed by atoms with E-state index in [4.69, 9.17) is 14.3 Å². The Morgan fingerprint density at radius 3 is 2.50 bits per heavy atom. The summed E-state index contributed by atoms with van der Waals surface area (Å²) in [5.41, 5.74) is 1.17. The second-order valence-corrected chi connectivity index (χ2v) is 4.10. The van der Waals surface area contributed by atoms with Crippen LogP contribution in [-0.2, 0) is 20.9 Å². The van der Waals surface area contributed by atoms with Crippen molar-refractivity contribution < 1.29 is 14.3 Å². The van der Waals surface area contributed by atoms with Gasteiger partial charge in [0.2, 0.25) is 6.29 Å². The molecule has 0 saturated heterocycles. The largest absolute Gasteiger partial charge is 0.490 e. The van der Waals surface area contributed by atoms with Crippen molar-refractivity contribution in [3.05, 3.63) is 47.5 Å². The average Bonchev–Trinajstić information content (AvgIpc) is 2.52. The molecule has 0 aliphatic carbocycles. The number of hydroxylamine groups is 2. The normalized spacial score (nSPS) is 18.4. The lowest BCUT2D eigenvalue weighted by molar-refractivity contribution is -0.175. The third-order valence-electron chi connectivity index (χ3n) is 2.91. The summed E-state index contributed by atoms with van der Waals surface area (Å²) in [5, 5.41) is 4.81. The van der Waals surface area contributed by atoms with E-state index in [9.17, 15) is 0 Å². The second kappa shape index (κ2) is 6.93. The lowest BCUT2D eigenvalue weighted by Crippen LogP contribution is -2.46. The summed E-state index contributed by atoms with van der Waals surface area (Å²) in [5.74, 6) is 1.00. The number of methoxy groups -OCH3 is 2. The van der Waals surface area contributed by atoms with Crippen molar-refractivity contribution >= 4 is 6.21 Å². The molecule has 0 bridgehead atoms. The van der Waals surface area contributed by atoms with Crippen molar-refractivity contribution in [2.75, 3.05) is 21.3 Å². The van der Waals surface area contributed by atoms with Crippen LogP contribution in [0.5, 0.6) is 0 Å². The van der Waals surface area contributed by atoms with Gasteiger partial charge in [0.1, 0.15) is 0 Å². The van der Waals surface area contributed by atoms with Crippen molar-refractivity contribution in [3.63, 3.8) is 0 Å². The van der Waals surface area contributed by atoms with E-state index in [-0.39, 0.29) is 6.29 Å². The molecule has 20 heavy (non-hydrogen) atoms. The molecule has 1 atom stereocenters. The summed E-state index contributed by atoms with van der Waals surface area (Å²) in [4.78, 5) is 9.67. The Labute approximate surface area is 118 Å². The van der Waals surface area contributed by atoms with Crippen molar-refractivity contribution in [3.8, 4) is 0 Å². The standard InChI is InChI=1S/C14H19N3O3/c1-18-12-10-16-14(17(20-3)13(12)19-2)15-9-11-7-5-4-6-8-11/h4-8,10,14-15H,9H2,1-3H3. The number of hydrogen-bond acceptors (Lipinski definition) is 6. The number of ether oxygens (including phenoxy) is 2. The van der Waals surface area contributed by atoms with Gasteiger partial charge in [-0.05, 0) is 5.56 Å². The van der Waals surface area contributed by atoms with Gasteiger partial charge in [-0.1, -0.05) is 30.3 Å². The summed E-state index contributed by atoms with van der Waals surface area (Å²) in [6.07, 6.45) is 1.26. The first-order valence-corrected chi connectivity index (χ1v) is 6.26. The van der Waals surface area contributed by atoms with Crippen LogP contribution in [0.15, 0.2) is 47.0 Å². The van der Waals surface area contributed by atoms with Gasteiger partial charge in [0.15, 0.2) is 5.76 Å². The summed E-state index contributed by atoms with van der Waals surface area (Å²) < 4.78 is 10.5. The molecule has 1 unspecified atom stereocenters. The van der Waals surface area contributed by atoms with E-state index in [2.05, 4.69) is 10.3 Å². The molecule has 0 saturated carbocycles. The van der Waals surface area contributed by atoms with Crippen LogP contribution < -0.4 is 5.32 Å². The maximum atomic E-state index is 5.32. The van der Waals surface area contributed by atoms with Crippen molar-refractivity contribution in [1.29, 1.82) is 0 Å². The minimum atomic E-state index is -0.367. The number of benzene rings is 1. The summed E-state index contributed by atoms with van der Waals surface area (Å²) in [6, 6.07) is 10.1. The predicted octanol–water partition coefficient (Wildman–Crippen LogP) is 1.47. The molecule has 1 N–H and O–H groups in total. The van der Waals surface area contributed by atoms with Gasteiger partial charge < -0.3 is 9.47 Å². The first kappa shape index (κ1) is 14.4. The second-order valence-electron chi connectivity index (χ2n) is 4.10. The van der Waals surface area contributed by atoms with Crippen molar-refractivity contribution in [2.45, 2.75) is 12.8 Å². The molecule has 0 amide bonds. The highest BCUT2D eigenvalue weighted by molar-refractivity contribution is 5.77. The third-order valence-corrected chi connectivity index (χ3v) is 2.91. The quantitative estimate of drug-likeness (QED) is 0.853. The van der Waals surface area contributed by atoms with Crippen molar-refractivity contribution in [2.24, 2.45) is 4.99 Å². The molecular formula is C14H19N3O3. The highest BCUT2D eigenvalue weighted by Crippen LogP contribution is 2.19. The van der Waals surface area contributed by atoms with Gasteiger partial charge in [-0.2, -0.15) is 5.06 Å². The first-order valence-electron chi connectivity index (χ1n) is 6.26. The van der Waals surface area contributed by atoms with Crippen LogP contribution in [0.1, 0.15) is 5.56 Å². The molecule has 0 aromatic heterocycles. The molecule has 6 nitrogen and oxygen atoms in total. The SMILES string of the molecule is COC1=C(OC)N(OC)C(NCc2ccccc2)N=C1. The van der Waals surface area contributed by atoms with Crippen LogP contribution in [-0.4, -0.2) is 38.9 Å². The maximum absolute atomic E-state index is 5.32. The number of nitrogens with one attached hydrogen (secondary N) is 1. The first-order chi connectivity index (χ1) is 9.80. The zero-order chi connectivity index (χ0) is 14.4. The van der Waals surface area contributed by atoms with Crippen LogP contribution >= 0.6 is 0 Å². The van der Waals surface area contributed by atoms with E-state index >= 15 is 0 Å². The highest BCUT2D eigenvalue weighted by atomic mass is 16.7. The average molecular weight is 277 g/mol. The molecule has 1 aliphatic rings. The monoisotopic (exact) mass is 277 g/mol. The lowest BCUT2D eigenvalue weighted by Gasteiger charge is -2.32. The van der Waals surface area contributed by atoms with Crippen LogP contribution in [0, 0.1) is 0 Å². The van der Waals surface area contributed by atoms with Crippen LogP contribution in [0.4, 0.5) is 0 Å². The van der Waals surface area contributed by atoms with Crippen LogP contribution in [0.2, 0.25) is 0 Å². The molecule has 1 aromatic carbocycles. The minimum absolute atomic E-state index is 0.367. The molecule has 0 radical (unpaired) electrons. The van der Waals surface area contributed by atoms with Gasteiger partial charge in [-0.3, -0.25) is 10.2 Å². The Kier molecular flexibility index (Phi) is 4.97. The summed E-state index contributed by atoms with van der Waals surface area (Å²) in [6.45, 7) is 0.669. The lowest BCUT2D eigenvalue weighted by atomic mass is 10.2. The highest BCUT2D eigenvalue weighted by Gasteiger charge is 2.27.